The average Bonchev–Trinajstić information content (AvgIpc) is 3.23. The molecule has 0 radical (unpaired) electrons. The Morgan fingerprint density at radius 3 is 1.12 bits per heavy atom. The van der Waals surface area contributed by atoms with Crippen LogP contribution < -0.4 is 0 Å². The second kappa shape index (κ2) is 17.1. The quantitative estimate of drug-likeness (QED) is 0.131. The van der Waals surface area contributed by atoms with Gasteiger partial charge < -0.3 is 9.47 Å². The van der Waals surface area contributed by atoms with E-state index in [1.54, 1.807) is 12.1 Å². The molecule has 284 valence electrons. The summed E-state index contributed by atoms with van der Waals surface area (Å²) < 4.78 is 13.3. The first kappa shape index (κ1) is 37.4. The Morgan fingerprint density at radius 2 is 0.786 bits per heavy atom. The van der Waals surface area contributed by atoms with E-state index in [4.69, 9.17) is 9.47 Å². The Hall–Kier alpha value is -5.48. The highest BCUT2D eigenvalue weighted by Gasteiger charge is 2.40. The number of rotatable bonds is 10. The molecule has 6 atom stereocenters. The number of carbonyl (C=O) groups is 2. The molecule has 0 aromatic heterocycles. The van der Waals surface area contributed by atoms with E-state index in [9.17, 15) is 9.59 Å². The van der Waals surface area contributed by atoms with Crippen molar-refractivity contribution in [1.29, 1.82) is 0 Å². The lowest BCUT2D eigenvalue weighted by Gasteiger charge is -2.39. The number of esters is 2. The fraction of sp³-hybridized carbons (Fsp3) is 0.308. The molecular weight excluding hydrogens is 689 g/mol. The van der Waals surface area contributed by atoms with E-state index in [-0.39, 0.29) is 35.9 Å². The third-order valence-electron chi connectivity index (χ3n) is 12.6. The highest BCUT2D eigenvalue weighted by molar-refractivity contribution is 6.13. The lowest BCUT2D eigenvalue weighted by molar-refractivity contribution is -0.0103. The van der Waals surface area contributed by atoms with Gasteiger partial charge in [0.25, 0.3) is 0 Å². The van der Waals surface area contributed by atoms with Crippen LogP contribution in [0.15, 0.2) is 158 Å². The van der Waals surface area contributed by atoms with Gasteiger partial charge in [-0.3, -0.25) is 0 Å². The van der Waals surface area contributed by atoms with Gasteiger partial charge in [0.1, 0.15) is 12.2 Å². The maximum atomic E-state index is 14.6. The zero-order chi connectivity index (χ0) is 38.4. The molecule has 0 heterocycles. The van der Waals surface area contributed by atoms with Gasteiger partial charge in [0.05, 0.1) is 11.1 Å². The molecule has 6 aromatic rings. The smallest absolute Gasteiger partial charge is 0.339 e. The summed E-state index contributed by atoms with van der Waals surface area (Å²) >= 11 is 0. The number of fused-ring (bicyclic) bond motifs is 1. The maximum Gasteiger partial charge on any atom is 0.339 e. The molecular formula is C52H52O4. The summed E-state index contributed by atoms with van der Waals surface area (Å²) in [4.78, 5) is 29.1. The van der Waals surface area contributed by atoms with Crippen LogP contribution in [0, 0.1) is 23.7 Å². The van der Waals surface area contributed by atoms with Crippen molar-refractivity contribution in [3.63, 3.8) is 0 Å². The van der Waals surface area contributed by atoms with E-state index in [1.807, 2.05) is 24.3 Å². The van der Waals surface area contributed by atoms with Crippen molar-refractivity contribution in [2.45, 2.75) is 76.4 Å². The Bertz CT molecular complexity index is 1980. The van der Waals surface area contributed by atoms with Gasteiger partial charge in [-0.1, -0.05) is 172 Å². The van der Waals surface area contributed by atoms with Gasteiger partial charge in [-0.2, -0.15) is 0 Å². The maximum absolute atomic E-state index is 14.6. The van der Waals surface area contributed by atoms with Crippen LogP contribution in [0.5, 0.6) is 0 Å². The number of benzene rings is 6. The normalized spacial score (nSPS) is 22.5. The first-order chi connectivity index (χ1) is 27.4. The number of ether oxygens (including phenoxy) is 2. The highest BCUT2D eigenvalue weighted by atomic mass is 16.5. The summed E-state index contributed by atoms with van der Waals surface area (Å²) in [5.74, 6) is 0.448. The fourth-order valence-electron chi connectivity index (χ4n) is 9.84. The summed E-state index contributed by atoms with van der Waals surface area (Å²) in [5, 5.41) is 1.41. The van der Waals surface area contributed by atoms with E-state index in [1.165, 1.54) is 22.3 Å². The molecule has 0 spiro atoms. The molecule has 2 saturated carbocycles. The standard InChI is InChI=1S/C52H52O4/c1-35-29-31-42(48(37-17-7-3-8-18-37)38-19-9-4-10-20-38)46(33-35)55-51(53)44-27-15-25-41-26-16-28-45(50(41)44)52(54)56-47-34-36(2)30-32-43(47)49(39-21-11-5-12-22-39)40-23-13-6-14-24-40/h3-28,35-36,42-43,46-49H,29-34H2,1-2H3/t35-,36-,42-,43-,46-,47-/m1/s1. The predicted octanol–water partition coefficient (Wildman–Crippen LogP) is 12.4. The molecule has 2 aliphatic carbocycles. The molecule has 2 aliphatic rings. The van der Waals surface area contributed by atoms with Crippen molar-refractivity contribution in [3.05, 3.63) is 191 Å². The largest absolute Gasteiger partial charge is 0.458 e. The Morgan fingerprint density at radius 1 is 0.446 bits per heavy atom. The van der Waals surface area contributed by atoms with Gasteiger partial charge >= 0.3 is 11.9 Å². The molecule has 8 rings (SSSR count). The van der Waals surface area contributed by atoms with E-state index in [0.29, 0.717) is 28.3 Å². The Labute approximate surface area is 331 Å². The van der Waals surface area contributed by atoms with Gasteiger partial charge in [-0.05, 0) is 77.3 Å². The fourth-order valence-corrected chi connectivity index (χ4v) is 9.84. The van der Waals surface area contributed by atoms with Crippen molar-refractivity contribution in [3.8, 4) is 0 Å². The zero-order valence-electron chi connectivity index (χ0n) is 32.5. The third-order valence-corrected chi connectivity index (χ3v) is 12.6. The predicted molar refractivity (Wildman–Crippen MR) is 225 cm³/mol. The molecule has 6 aromatic carbocycles. The second-order valence-corrected chi connectivity index (χ2v) is 16.4. The van der Waals surface area contributed by atoms with E-state index in [0.717, 1.165) is 43.9 Å². The zero-order valence-corrected chi connectivity index (χ0v) is 32.5. The molecule has 0 saturated heterocycles. The SMILES string of the molecule is C[C@@H]1CC[C@@H](C(c2ccccc2)c2ccccc2)[C@H](OC(=O)c2cccc3cccc(C(=O)O[C@@H]4C[C@H](C)CC[C@H]4C(c4ccccc4)c4ccccc4)c23)C1. The molecule has 0 N–H and O–H groups in total. The molecule has 0 unspecified atom stereocenters. The highest BCUT2D eigenvalue weighted by Crippen LogP contribution is 2.45. The lowest BCUT2D eigenvalue weighted by Crippen LogP contribution is -2.37. The Balaban J connectivity index is 1.11. The van der Waals surface area contributed by atoms with Gasteiger partial charge in [0, 0.05) is 29.1 Å². The van der Waals surface area contributed by atoms with Crippen molar-refractivity contribution >= 4 is 22.7 Å². The molecule has 4 nitrogen and oxygen atoms in total. The van der Waals surface area contributed by atoms with Crippen molar-refractivity contribution in [2.75, 3.05) is 0 Å². The summed E-state index contributed by atoms with van der Waals surface area (Å²) in [5.41, 5.74) is 5.72. The van der Waals surface area contributed by atoms with Gasteiger partial charge in [0.15, 0.2) is 0 Å². The topological polar surface area (TPSA) is 52.6 Å². The summed E-state index contributed by atoms with van der Waals surface area (Å²) in [6.07, 6.45) is 5.06. The van der Waals surface area contributed by atoms with Crippen molar-refractivity contribution in [2.24, 2.45) is 23.7 Å². The van der Waals surface area contributed by atoms with Crippen LogP contribution in [-0.2, 0) is 9.47 Å². The molecule has 2 fully saturated rings. The number of hydrogen-bond donors (Lipinski definition) is 0. The van der Waals surface area contributed by atoms with Gasteiger partial charge in [0.2, 0.25) is 0 Å². The molecule has 0 amide bonds. The van der Waals surface area contributed by atoms with Crippen LogP contribution in [0.4, 0.5) is 0 Å². The molecule has 0 aliphatic heterocycles. The van der Waals surface area contributed by atoms with Crippen LogP contribution >= 0.6 is 0 Å². The van der Waals surface area contributed by atoms with Gasteiger partial charge in [-0.15, -0.1) is 0 Å². The summed E-state index contributed by atoms with van der Waals surface area (Å²) in [6, 6.07) is 53.8. The van der Waals surface area contributed by atoms with Crippen molar-refractivity contribution in [1.82, 2.24) is 0 Å². The number of carbonyl (C=O) groups excluding carboxylic acids is 2. The minimum Gasteiger partial charge on any atom is -0.458 e. The average molecular weight is 741 g/mol. The lowest BCUT2D eigenvalue weighted by atomic mass is 9.69. The molecule has 4 heteroatoms. The van der Waals surface area contributed by atoms with Crippen LogP contribution in [0.2, 0.25) is 0 Å². The van der Waals surface area contributed by atoms with E-state index >= 15 is 0 Å². The first-order valence-electron chi connectivity index (χ1n) is 20.6. The van der Waals surface area contributed by atoms with Crippen LogP contribution in [-0.4, -0.2) is 24.1 Å². The van der Waals surface area contributed by atoms with Gasteiger partial charge in [-0.25, -0.2) is 9.59 Å². The van der Waals surface area contributed by atoms with Crippen molar-refractivity contribution < 1.29 is 19.1 Å². The minimum atomic E-state index is -0.391. The second-order valence-electron chi connectivity index (χ2n) is 16.4. The summed E-state index contributed by atoms with van der Waals surface area (Å²) in [7, 11) is 0. The minimum absolute atomic E-state index is 0.0854. The third kappa shape index (κ3) is 8.07. The number of hydrogen-bond acceptors (Lipinski definition) is 4. The van der Waals surface area contributed by atoms with E-state index < -0.39 is 11.9 Å². The monoisotopic (exact) mass is 740 g/mol. The first-order valence-corrected chi connectivity index (χ1v) is 20.6. The molecule has 56 heavy (non-hydrogen) atoms. The van der Waals surface area contributed by atoms with E-state index in [2.05, 4.69) is 135 Å². The van der Waals surface area contributed by atoms with Crippen LogP contribution in [0.1, 0.15) is 107 Å². The summed E-state index contributed by atoms with van der Waals surface area (Å²) in [6.45, 7) is 4.51. The van der Waals surface area contributed by atoms with Crippen LogP contribution in [0.25, 0.3) is 10.8 Å². The Kier molecular flexibility index (Phi) is 11.4. The molecule has 0 bridgehead atoms. The van der Waals surface area contributed by atoms with Crippen LogP contribution in [0.3, 0.4) is 0 Å².